The maximum Gasteiger partial charge on any atom is 0.166 e. The van der Waals surface area contributed by atoms with Gasteiger partial charge in [-0.1, -0.05) is 11.6 Å². The molecule has 4 heterocycles. The van der Waals surface area contributed by atoms with E-state index in [9.17, 15) is 5.11 Å². The Morgan fingerprint density at radius 1 is 1.24 bits per heavy atom. The van der Waals surface area contributed by atoms with Crippen molar-refractivity contribution in [3.63, 3.8) is 0 Å². The predicted molar refractivity (Wildman–Crippen MR) is 141 cm³/mol. The van der Waals surface area contributed by atoms with Crippen LogP contribution in [0.25, 0.3) is 21.9 Å². The molecule has 1 saturated heterocycles. The molecule has 10 nitrogen and oxygen atoms in total. The molecule has 37 heavy (non-hydrogen) atoms. The summed E-state index contributed by atoms with van der Waals surface area (Å²) in [6, 6.07) is 11.2. The molecule has 0 aliphatic carbocycles. The minimum absolute atomic E-state index is 0.218. The fraction of sp³-hybridized carbons (Fsp3) is 0.385. The third-order valence-corrected chi connectivity index (χ3v) is 6.08. The molecule has 1 aliphatic heterocycles. The van der Waals surface area contributed by atoms with Gasteiger partial charge in [-0.25, -0.2) is 19.9 Å². The number of aliphatic hydroxyl groups is 1. The van der Waals surface area contributed by atoms with Crippen LogP contribution in [0.5, 0.6) is 5.75 Å². The number of rotatable bonds is 8. The Kier molecular flexibility index (Phi) is 7.00. The molecular formula is C26H29ClN6O4. The number of nitrogens with zero attached hydrogens (tertiary/aromatic N) is 6. The lowest BCUT2D eigenvalue weighted by Crippen LogP contribution is -2.37. The van der Waals surface area contributed by atoms with Gasteiger partial charge in [-0.15, -0.1) is 0 Å². The SMILES string of the molecule is CN(C)C=Nc1ncnc2c1ccn2[C@H]1C[C@H](OC(C)(C)O)[C@@H](COc2ccc3ccc(Cl)nc3c2)O1. The number of hydrogen-bond donors (Lipinski definition) is 1. The molecule has 5 rings (SSSR count). The van der Waals surface area contributed by atoms with E-state index in [4.69, 9.17) is 25.8 Å². The van der Waals surface area contributed by atoms with E-state index in [0.717, 1.165) is 16.3 Å². The number of aromatic nitrogens is 4. The number of pyridine rings is 1. The molecule has 0 bridgehead atoms. The molecule has 0 amide bonds. The Balaban J connectivity index is 1.37. The van der Waals surface area contributed by atoms with E-state index < -0.39 is 18.0 Å². The zero-order valence-corrected chi connectivity index (χ0v) is 21.8. The minimum atomic E-state index is -1.33. The molecule has 1 fully saturated rings. The monoisotopic (exact) mass is 524 g/mol. The van der Waals surface area contributed by atoms with Gasteiger partial charge in [0.1, 0.15) is 41.8 Å². The van der Waals surface area contributed by atoms with Crippen LogP contribution in [0, 0.1) is 0 Å². The van der Waals surface area contributed by atoms with Crippen molar-refractivity contribution in [1.82, 2.24) is 24.4 Å². The molecule has 194 valence electrons. The standard InChI is InChI=1S/C26H29ClN6O4/c1-26(2,34)37-20-12-23(33-10-9-18-24(30-15-32(3)4)28-14-29-25(18)33)36-21(20)13-35-17-7-5-16-6-8-22(27)31-19(16)11-17/h5-11,14-15,20-21,23,34H,12-13H2,1-4H3/t20-,21+,23+/m0/s1. The third kappa shape index (κ3) is 5.83. The largest absolute Gasteiger partial charge is 0.491 e. The Hall–Kier alpha value is -3.31. The molecule has 0 radical (unpaired) electrons. The smallest absolute Gasteiger partial charge is 0.166 e. The van der Waals surface area contributed by atoms with Crippen LogP contribution in [-0.2, 0) is 9.47 Å². The number of fused-ring (bicyclic) bond motifs is 2. The highest BCUT2D eigenvalue weighted by molar-refractivity contribution is 6.29. The molecule has 1 aliphatic rings. The van der Waals surface area contributed by atoms with Gasteiger partial charge in [0.25, 0.3) is 0 Å². The van der Waals surface area contributed by atoms with Crippen molar-refractivity contribution in [3.8, 4) is 5.75 Å². The van der Waals surface area contributed by atoms with Crippen molar-refractivity contribution >= 4 is 45.7 Å². The summed E-state index contributed by atoms with van der Waals surface area (Å²) < 4.78 is 20.4. The summed E-state index contributed by atoms with van der Waals surface area (Å²) in [4.78, 5) is 19.4. The van der Waals surface area contributed by atoms with Crippen molar-refractivity contribution in [2.75, 3.05) is 20.7 Å². The molecule has 0 unspecified atom stereocenters. The van der Waals surface area contributed by atoms with Crippen LogP contribution in [0.2, 0.25) is 5.15 Å². The second-order valence-electron chi connectivity index (χ2n) is 9.63. The molecule has 0 spiro atoms. The second kappa shape index (κ2) is 10.2. The molecule has 0 saturated carbocycles. The van der Waals surface area contributed by atoms with Crippen molar-refractivity contribution in [2.24, 2.45) is 4.99 Å². The fourth-order valence-electron chi connectivity index (χ4n) is 4.32. The number of hydrogen-bond acceptors (Lipinski definition) is 8. The average Bonchev–Trinajstić information content (AvgIpc) is 3.44. The molecule has 3 aromatic heterocycles. The van der Waals surface area contributed by atoms with Crippen LogP contribution >= 0.6 is 11.6 Å². The molecule has 3 atom stereocenters. The lowest BCUT2D eigenvalue weighted by atomic mass is 10.1. The van der Waals surface area contributed by atoms with Gasteiger partial charge in [0.05, 0.1) is 23.3 Å². The minimum Gasteiger partial charge on any atom is -0.491 e. The van der Waals surface area contributed by atoms with Crippen LogP contribution in [-0.4, -0.2) is 74.6 Å². The Labute approximate surface area is 219 Å². The van der Waals surface area contributed by atoms with Gasteiger partial charge in [-0.3, -0.25) is 0 Å². The molecule has 1 N–H and O–H groups in total. The van der Waals surface area contributed by atoms with Gasteiger partial charge < -0.3 is 28.8 Å². The molecular weight excluding hydrogens is 496 g/mol. The van der Waals surface area contributed by atoms with Gasteiger partial charge >= 0.3 is 0 Å². The first-order chi connectivity index (χ1) is 17.7. The van der Waals surface area contributed by atoms with Crippen LogP contribution in [0.1, 0.15) is 26.5 Å². The lowest BCUT2D eigenvalue weighted by molar-refractivity contribution is -0.216. The first kappa shape index (κ1) is 25.3. The lowest BCUT2D eigenvalue weighted by Gasteiger charge is -2.26. The Morgan fingerprint density at radius 3 is 2.84 bits per heavy atom. The summed E-state index contributed by atoms with van der Waals surface area (Å²) in [5.74, 6) is -0.122. The van der Waals surface area contributed by atoms with Crippen LogP contribution in [0.15, 0.2) is 53.9 Å². The normalized spacial score (nSPS) is 20.3. The molecule has 1 aromatic carbocycles. The van der Waals surface area contributed by atoms with Crippen molar-refractivity contribution < 1.29 is 19.3 Å². The maximum atomic E-state index is 10.4. The van der Waals surface area contributed by atoms with E-state index >= 15 is 0 Å². The summed E-state index contributed by atoms with van der Waals surface area (Å²) in [7, 11) is 3.79. The van der Waals surface area contributed by atoms with Crippen molar-refractivity contribution in [2.45, 2.75) is 44.5 Å². The van der Waals surface area contributed by atoms with Crippen LogP contribution < -0.4 is 4.74 Å². The zero-order valence-electron chi connectivity index (χ0n) is 21.1. The number of benzene rings is 1. The topological polar surface area (TPSA) is 107 Å². The zero-order chi connectivity index (χ0) is 26.2. The number of halogens is 1. The Morgan fingerprint density at radius 2 is 2.05 bits per heavy atom. The summed E-state index contributed by atoms with van der Waals surface area (Å²) in [6.07, 6.45) is 4.35. The van der Waals surface area contributed by atoms with Crippen LogP contribution in [0.4, 0.5) is 5.82 Å². The Bertz CT molecular complexity index is 1430. The van der Waals surface area contributed by atoms with E-state index in [-0.39, 0.29) is 12.8 Å². The van der Waals surface area contributed by atoms with E-state index in [2.05, 4.69) is 19.9 Å². The summed E-state index contributed by atoms with van der Waals surface area (Å²) in [5, 5.41) is 12.6. The first-order valence-corrected chi connectivity index (χ1v) is 12.3. The van der Waals surface area contributed by atoms with Gasteiger partial charge in [0.2, 0.25) is 0 Å². The van der Waals surface area contributed by atoms with Gasteiger partial charge in [-0.05, 0) is 44.2 Å². The number of ether oxygens (including phenoxy) is 3. The molecule has 11 heteroatoms. The second-order valence-corrected chi connectivity index (χ2v) is 10.0. The van der Waals surface area contributed by atoms with Crippen molar-refractivity contribution in [3.05, 3.63) is 54.1 Å². The van der Waals surface area contributed by atoms with E-state index in [1.54, 1.807) is 26.3 Å². The van der Waals surface area contributed by atoms with Crippen LogP contribution in [0.3, 0.4) is 0 Å². The van der Waals surface area contributed by atoms with E-state index in [0.29, 0.717) is 28.8 Å². The summed E-state index contributed by atoms with van der Waals surface area (Å²) in [6.45, 7) is 3.42. The predicted octanol–water partition coefficient (Wildman–Crippen LogP) is 4.33. The number of aliphatic imine (C=N–C) groups is 1. The third-order valence-electron chi connectivity index (χ3n) is 5.87. The average molecular weight is 525 g/mol. The van der Waals surface area contributed by atoms with Gasteiger partial charge in [0, 0.05) is 38.2 Å². The highest BCUT2D eigenvalue weighted by Gasteiger charge is 2.40. The van der Waals surface area contributed by atoms with Crippen molar-refractivity contribution in [1.29, 1.82) is 0 Å². The van der Waals surface area contributed by atoms with E-state index in [1.807, 2.05) is 60.1 Å². The highest BCUT2D eigenvalue weighted by atomic mass is 35.5. The summed E-state index contributed by atoms with van der Waals surface area (Å²) in [5.41, 5.74) is 1.44. The molecule has 4 aromatic rings. The van der Waals surface area contributed by atoms with Gasteiger partial charge in [-0.2, -0.15) is 0 Å². The maximum absolute atomic E-state index is 10.4. The quantitative estimate of drug-likeness (QED) is 0.157. The summed E-state index contributed by atoms with van der Waals surface area (Å²) >= 11 is 6.05. The fourth-order valence-corrected chi connectivity index (χ4v) is 4.47. The first-order valence-electron chi connectivity index (χ1n) is 11.9. The van der Waals surface area contributed by atoms with Gasteiger partial charge in [0.15, 0.2) is 11.6 Å². The van der Waals surface area contributed by atoms with E-state index in [1.165, 1.54) is 6.33 Å². The highest BCUT2D eigenvalue weighted by Crippen LogP contribution is 2.36.